The minimum absolute atomic E-state index is 0.0927. The number of alkyl halides is 2. The molecule has 1 N–H and O–H groups in total. The summed E-state index contributed by atoms with van der Waals surface area (Å²) in [6.07, 6.45) is 3.64. The normalized spacial score (nSPS) is 35.1. The van der Waals surface area contributed by atoms with E-state index in [1.807, 2.05) is 0 Å². The Morgan fingerprint density at radius 1 is 1.03 bits per heavy atom. The Hall–Kier alpha value is -1.37. The lowest BCUT2D eigenvalue weighted by atomic mass is 9.47. The number of carbonyl (C=O) groups is 2. The van der Waals surface area contributed by atoms with Gasteiger partial charge >= 0.3 is 27.3 Å². The summed E-state index contributed by atoms with van der Waals surface area (Å²) in [4.78, 5) is 23.9. The Balaban J connectivity index is 1.33. The molecule has 4 saturated carbocycles. The van der Waals surface area contributed by atoms with Crippen molar-refractivity contribution < 1.29 is 50.3 Å². The number of hydrogen-bond acceptors (Lipinski definition) is 8. The maximum atomic E-state index is 13.1. The molecule has 4 aliphatic carbocycles. The van der Waals surface area contributed by atoms with Crippen LogP contribution in [0.15, 0.2) is 0 Å². The fourth-order valence-electron chi connectivity index (χ4n) is 5.70. The number of halogens is 2. The van der Waals surface area contributed by atoms with Gasteiger partial charge in [0.2, 0.25) is 0 Å². The second-order valence-corrected chi connectivity index (χ2v) is 9.77. The molecule has 29 heavy (non-hydrogen) atoms. The van der Waals surface area contributed by atoms with Crippen LogP contribution in [0.3, 0.4) is 0 Å². The third kappa shape index (κ3) is 3.24. The van der Waals surface area contributed by atoms with E-state index >= 15 is 0 Å². The molecule has 0 aromatic rings. The van der Waals surface area contributed by atoms with E-state index in [9.17, 15) is 26.8 Å². The highest BCUT2D eigenvalue weighted by atomic mass is 32.2. The van der Waals surface area contributed by atoms with Crippen LogP contribution in [0.2, 0.25) is 0 Å². The van der Waals surface area contributed by atoms with E-state index in [1.54, 1.807) is 0 Å². The van der Waals surface area contributed by atoms with Crippen molar-refractivity contribution in [3.05, 3.63) is 0 Å². The molecule has 1 aliphatic heterocycles. The smallest absolute Gasteiger partial charge is 0.462 e. The third-order valence-electron chi connectivity index (χ3n) is 6.61. The van der Waals surface area contributed by atoms with Crippen molar-refractivity contribution >= 4 is 22.1 Å². The van der Waals surface area contributed by atoms with Crippen LogP contribution in [0, 0.1) is 23.2 Å². The van der Waals surface area contributed by atoms with E-state index in [0.29, 0.717) is 38.4 Å². The molecule has 4 bridgehead atoms. The van der Waals surface area contributed by atoms with Gasteiger partial charge in [-0.1, -0.05) is 0 Å². The van der Waals surface area contributed by atoms with Crippen LogP contribution in [-0.2, 0) is 38.7 Å². The maximum Gasteiger partial charge on any atom is 0.465 e. The summed E-state index contributed by atoms with van der Waals surface area (Å²) < 4.78 is 76.8. The fraction of sp³-hybridized carbons (Fsp3) is 0.882. The van der Waals surface area contributed by atoms with Crippen molar-refractivity contribution in [1.29, 1.82) is 0 Å². The molecular formula is C17H22F2O9S. The Bertz CT molecular complexity index is 788. The second-order valence-electron chi connectivity index (χ2n) is 8.31. The number of ether oxygens (including phenoxy) is 4. The van der Waals surface area contributed by atoms with Crippen LogP contribution >= 0.6 is 0 Å². The van der Waals surface area contributed by atoms with Crippen LogP contribution in [0.1, 0.15) is 32.1 Å². The molecule has 0 aromatic heterocycles. The lowest BCUT2D eigenvalue weighted by Gasteiger charge is -2.61. The lowest BCUT2D eigenvalue weighted by molar-refractivity contribution is -0.301. The minimum atomic E-state index is -5.94. The van der Waals surface area contributed by atoms with Gasteiger partial charge in [-0.25, -0.2) is 4.79 Å². The molecule has 0 amide bonds. The van der Waals surface area contributed by atoms with Crippen molar-refractivity contribution in [2.45, 2.75) is 43.1 Å². The molecule has 0 radical (unpaired) electrons. The molecule has 5 aliphatic rings. The zero-order valence-electron chi connectivity index (χ0n) is 15.5. The lowest BCUT2D eigenvalue weighted by Crippen LogP contribution is -2.63. The monoisotopic (exact) mass is 440 g/mol. The van der Waals surface area contributed by atoms with E-state index in [4.69, 9.17) is 18.8 Å². The van der Waals surface area contributed by atoms with Crippen molar-refractivity contribution in [3.63, 3.8) is 0 Å². The standard InChI is InChI=1S/C17H22F2O9S/c18-17(19,29(22,23)24)14(21)26-2-1-25-13(20)15-7-10-5-11(8-15)16(12(6-10)9-15)27-3-4-28-16/h10-12H,1-9H2,(H,22,23,24). The molecular weight excluding hydrogens is 418 g/mol. The first kappa shape index (κ1) is 20.9. The highest BCUT2D eigenvalue weighted by molar-refractivity contribution is 7.87. The predicted molar refractivity (Wildman–Crippen MR) is 89.0 cm³/mol. The summed E-state index contributed by atoms with van der Waals surface area (Å²) in [5.41, 5.74) is -0.695. The molecule has 0 aromatic carbocycles. The first-order valence-corrected chi connectivity index (χ1v) is 10.9. The van der Waals surface area contributed by atoms with E-state index in [-0.39, 0.29) is 11.8 Å². The largest absolute Gasteiger partial charge is 0.465 e. The van der Waals surface area contributed by atoms with Gasteiger partial charge in [0.25, 0.3) is 0 Å². The fourth-order valence-corrected chi connectivity index (χ4v) is 5.97. The zero-order chi connectivity index (χ0) is 21.1. The van der Waals surface area contributed by atoms with Crippen LogP contribution in [0.25, 0.3) is 0 Å². The SMILES string of the molecule is O=C(OCCOC(=O)C(F)(F)S(=O)(=O)O)C12CC3CC(C1)C1(OCCO1)C(C3)C2. The van der Waals surface area contributed by atoms with Gasteiger partial charge in [0.15, 0.2) is 5.79 Å². The Kier molecular flexibility index (Phi) is 4.91. The van der Waals surface area contributed by atoms with Crippen molar-refractivity contribution in [2.75, 3.05) is 26.4 Å². The molecule has 2 atom stereocenters. The van der Waals surface area contributed by atoms with Gasteiger partial charge in [-0.15, -0.1) is 0 Å². The molecule has 1 saturated heterocycles. The van der Waals surface area contributed by atoms with Crippen molar-refractivity contribution in [1.82, 2.24) is 0 Å². The summed E-state index contributed by atoms with van der Waals surface area (Å²) in [5.74, 6) is -2.97. The highest BCUT2D eigenvalue weighted by Crippen LogP contribution is 2.65. The first-order chi connectivity index (χ1) is 13.5. The Labute approximate surface area is 165 Å². The molecule has 5 rings (SSSR count). The highest BCUT2D eigenvalue weighted by Gasteiger charge is 2.67. The number of esters is 2. The molecule has 1 spiro atoms. The Morgan fingerprint density at radius 3 is 2.14 bits per heavy atom. The third-order valence-corrected chi connectivity index (χ3v) is 7.42. The van der Waals surface area contributed by atoms with Crippen molar-refractivity contribution in [2.24, 2.45) is 23.2 Å². The number of carbonyl (C=O) groups excluding carboxylic acids is 2. The van der Waals surface area contributed by atoms with Crippen LogP contribution in [-0.4, -0.2) is 62.4 Å². The average molecular weight is 440 g/mol. The average Bonchev–Trinajstić information content (AvgIpc) is 3.12. The Morgan fingerprint density at radius 2 is 1.59 bits per heavy atom. The van der Waals surface area contributed by atoms with E-state index in [0.717, 1.165) is 12.8 Å². The molecule has 12 heteroatoms. The van der Waals surface area contributed by atoms with Crippen LogP contribution in [0.5, 0.6) is 0 Å². The second kappa shape index (κ2) is 6.82. The molecule has 5 fully saturated rings. The molecule has 164 valence electrons. The number of hydrogen-bond donors (Lipinski definition) is 1. The van der Waals surface area contributed by atoms with Crippen LogP contribution < -0.4 is 0 Å². The van der Waals surface area contributed by atoms with E-state index in [1.165, 1.54) is 0 Å². The molecule has 2 unspecified atom stereocenters. The summed E-state index contributed by atoms with van der Waals surface area (Å²) in [6, 6.07) is 0. The summed E-state index contributed by atoms with van der Waals surface area (Å²) in [6.45, 7) is -0.173. The topological polar surface area (TPSA) is 125 Å². The van der Waals surface area contributed by atoms with Gasteiger partial charge in [-0.05, 0) is 38.0 Å². The van der Waals surface area contributed by atoms with E-state index < -0.39 is 51.7 Å². The predicted octanol–water partition coefficient (Wildman–Crippen LogP) is 1.12. The maximum absolute atomic E-state index is 13.1. The van der Waals surface area contributed by atoms with Gasteiger partial charge in [0.05, 0.1) is 18.6 Å². The minimum Gasteiger partial charge on any atom is -0.462 e. The molecule has 1 heterocycles. The first-order valence-electron chi connectivity index (χ1n) is 9.47. The van der Waals surface area contributed by atoms with Crippen molar-refractivity contribution in [3.8, 4) is 0 Å². The molecule has 9 nitrogen and oxygen atoms in total. The quantitative estimate of drug-likeness (QED) is 0.367. The summed E-state index contributed by atoms with van der Waals surface area (Å²) in [7, 11) is -5.94. The van der Waals surface area contributed by atoms with Gasteiger partial charge in [0, 0.05) is 11.8 Å². The van der Waals surface area contributed by atoms with Gasteiger partial charge in [-0.3, -0.25) is 9.35 Å². The van der Waals surface area contributed by atoms with E-state index in [2.05, 4.69) is 4.74 Å². The summed E-state index contributed by atoms with van der Waals surface area (Å²) in [5, 5.41) is -5.08. The number of rotatable bonds is 6. The summed E-state index contributed by atoms with van der Waals surface area (Å²) >= 11 is 0. The van der Waals surface area contributed by atoms with Gasteiger partial charge in [-0.2, -0.15) is 17.2 Å². The van der Waals surface area contributed by atoms with Gasteiger partial charge in [0.1, 0.15) is 13.2 Å². The van der Waals surface area contributed by atoms with Gasteiger partial charge < -0.3 is 18.9 Å². The van der Waals surface area contributed by atoms with Crippen LogP contribution in [0.4, 0.5) is 8.78 Å². The zero-order valence-corrected chi connectivity index (χ0v) is 16.3.